The number of hydrogen-bond acceptors (Lipinski definition) is 1. The van der Waals surface area contributed by atoms with Crippen LogP contribution in [0.15, 0.2) is 24.3 Å². The predicted molar refractivity (Wildman–Crippen MR) is 82.9 cm³/mol. The predicted octanol–water partition coefficient (Wildman–Crippen LogP) is 5.89. The third-order valence-corrected chi connectivity index (χ3v) is 5.16. The van der Waals surface area contributed by atoms with Gasteiger partial charge in [0.15, 0.2) is 0 Å². The van der Waals surface area contributed by atoms with Crippen LogP contribution in [-0.2, 0) is 12.0 Å². The van der Waals surface area contributed by atoms with Gasteiger partial charge in [0, 0.05) is 6.42 Å². The van der Waals surface area contributed by atoms with Crippen LogP contribution in [0.4, 0.5) is 39.5 Å². The maximum Gasteiger partial charge on any atom is 0.381 e. The van der Waals surface area contributed by atoms with Gasteiger partial charge in [0.1, 0.15) is 0 Å². The summed E-state index contributed by atoms with van der Waals surface area (Å²) in [6.07, 6.45) is -0.0948. The third-order valence-electron chi connectivity index (χ3n) is 5.16. The highest BCUT2D eigenvalue weighted by Gasteiger charge is 3.00. The summed E-state index contributed by atoms with van der Waals surface area (Å²) < 4.78 is 123. The van der Waals surface area contributed by atoms with Gasteiger partial charge < -0.3 is 5.11 Å². The van der Waals surface area contributed by atoms with Crippen molar-refractivity contribution in [2.45, 2.75) is 74.5 Å². The number of rotatable bonds is 6. The van der Waals surface area contributed by atoms with E-state index >= 15 is 0 Å². The van der Waals surface area contributed by atoms with Crippen LogP contribution in [0.5, 0.6) is 0 Å². The molecule has 0 aliphatic heterocycles. The molecule has 0 aromatic heterocycles. The maximum atomic E-state index is 14.7. The van der Waals surface area contributed by atoms with Gasteiger partial charge >= 0.3 is 23.7 Å². The Kier molecular flexibility index (Phi) is 5.33. The molecule has 1 atom stereocenters. The van der Waals surface area contributed by atoms with Crippen molar-refractivity contribution in [2.24, 2.45) is 0 Å². The van der Waals surface area contributed by atoms with Crippen LogP contribution in [-0.4, -0.2) is 34.5 Å². The second-order valence-electron chi connectivity index (χ2n) is 7.35. The minimum Gasteiger partial charge on any atom is -0.385 e. The monoisotopic (exact) mass is 422 g/mol. The van der Waals surface area contributed by atoms with Gasteiger partial charge in [-0.15, -0.1) is 0 Å². The molecule has 1 saturated carbocycles. The summed E-state index contributed by atoms with van der Waals surface area (Å²) in [5.74, 6) is -26.1. The van der Waals surface area contributed by atoms with E-state index in [1.165, 1.54) is 12.1 Å². The van der Waals surface area contributed by atoms with Gasteiger partial charge in [0.2, 0.25) is 0 Å². The first-order chi connectivity index (χ1) is 12.5. The maximum absolute atomic E-state index is 14.7. The van der Waals surface area contributed by atoms with Crippen molar-refractivity contribution in [3.05, 3.63) is 35.4 Å². The number of halogens is 9. The standard InChI is InChI=1S/C18H19F9O/c1-3-4-5-11-6-8-12(9-7-11)13(2,28)10-14(19)15(20,21)17(24,25)18(26,27)16(14,22)23/h6-9,28H,3-5,10H2,1-2H3. The zero-order chi connectivity index (χ0) is 21.8. The van der Waals surface area contributed by atoms with Crippen LogP contribution in [0.3, 0.4) is 0 Å². The molecule has 0 heterocycles. The fraction of sp³-hybridized carbons (Fsp3) is 0.667. The summed E-state index contributed by atoms with van der Waals surface area (Å²) in [7, 11) is 0. The van der Waals surface area contributed by atoms with Crippen molar-refractivity contribution in [3.8, 4) is 0 Å². The Morgan fingerprint density at radius 1 is 0.786 bits per heavy atom. The lowest BCUT2D eigenvalue weighted by molar-refractivity contribution is -0.303. The zero-order valence-corrected chi connectivity index (χ0v) is 15.0. The van der Waals surface area contributed by atoms with E-state index in [9.17, 15) is 44.6 Å². The Labute approximate surface area is 155 Å². The first kappa shape index (κ1) is 22.8. The molecule has 1 aromatic carbocycles. The second-order valence-corrected chi connectivity index (χ2v) is 7.35. The molecule has 1 N–H and O–H groups in total. The van der Waals surface area contributed by atoms with E-state index in [4.69, 9.17) is 0 Å². The molecule has 160 valence electrons. The summed E-state index contributed by atoms with van der Waals surface area (Å²) in [5, 5.41) is 10.3. The molecule has 1 aliphatic carbocycles. The Hall–Kier alpha value is -1.45. The number of aryl methyl sites for hydroxylation is 1. The fourth-order valence-electron chi connectivity index (χ4n) is 3.30. The lowest BCUT2D eigenvalue weighted by Crippen LogP contribution is -2.57. The molecular formula is C18H19F9O. The molecule has 0 spiro atoms. The highest BCUT2D eigenvalue weighted by atomic mass is 19.4. The van der Waals surface area contributed by atoms with E-state index in [0.717, 1.165) is 30.5 Å². The molecule has 0 radical (unpaired) electrons. The smallest absolute Gasteiger partial charge is 0.381 e. The summed E-state index contributed by atoms with van der Waals surface area (Å²) >= 11 is 0. The third kappa shape index (κ3) is 2.81. The van der Waals surface area contributed by atoms with Crippen LogP contribution in [0.2, 0.25) is 0 Å². The Balaban J connectivity index is 2.44. The molecule has 1 nitrogen and oxygen atoms in total. The number of aliphatic hydroxyl groups is 1. The van der Waals surface area contributed by atoms with E-state index in [1.54, 1.807) is 0 Å². The number of hydrogen-bond donors (Lipinski definition) is 1. The minimum absolute atomic E-state index is 0.352. The summed E-state index contributed by atoms with van der Waals surface area (Å²) in [6, 6.07) is 5.07. The molecule has 2 rings (SSSR count). The van der Waals surface area contributed by atoms with E-state index < -0.39 is 41.4 Å². The summed E-state index contributed by atoms with van der Waals surface area (Å²) in [5.41, 5.74) is -8.14. The van der Waals surface area contributed by atoms with Crippen LogP contribution in [0.25, 0.3) is 0 Å². The van der Waals surface area contributed by atoms with Crippen molar-refractivity contribution >= 4 is 0 Å². The van der Waals surface area contributed by atoms with E-state index in [2.05, 4.69) is 0 Å². The normalized spacial score (nSPS) is 26.0. The largest absolute Gasteiger partial charge is 0.385 e. The van der Waals surface area contributed by atoms with Gasteiger partial charge in [-0.3, -0.25) is 0 Å². The second kappa shape index (κ2) is 6.53. The fourth-order valence-corrected chi connectivity index (χ4v) is 3.30. The van der Waals surface area contributed by atoms with Gasteiger partial charge in [-0.1, -0.05) is 37.6 Å². The van der Waals surface area contributed by atoms with Crippen LogP contribution >= 0.6 is 0 Å². The number of alkyl halides is 9. The van der Waals surface area contributed by atoms with Crippen molar-refractivity contribution in [1.82, 2.24) is 0 Å². The van der Waals surface area contributed by atoms with Gasteiger partial charge in [-0.05, 0) is 30.9 Å². The highest BCUT2D eigenvalue weighted by Crippen LogP contribution is 2.70. The van der Waals surface area contributed by atoms with Gasteiger partial charge in [-0.2, -0.15) is 35.1 Å². The average Bonchev–Trinajstić information content (AvgIpc) is 2.62. The molecule has 1 aromatic rings. The average molecular weight is 422 g/mol. The van der Waals surface area contributed by atoms with Crippen LogP contribution in [0, 0.1) is 0 Å². The highest BCUT2D eigenvalue weighted by molar-refractivity contribution is 5.32. The molecule has 0 amide bonds. The topological polar surface area (TPSA) is 20.2 Å². The molecular weight excluding hydrogens is 403 g/mol. The van der Waals surface area contributed by atoms with E-state index in [-0.39, 0.29) is 5.56 Å². The van der Waals surface area contributed by atoms with Crippen LogP contribution in [0.1, 0.15) is 44.2 Å². The van der Waals surface area contributed by atoms with Crippen molar-refractivity contribution in [1.29, 1.82) is 0 Å². The molecule has 28 heavy (non-hydrogen) atoms. The van der Waals surface area contributed by atoms with Crippen molar-refractivity contribution < 1.29 is 44.6 Å². The minimum atomic E-state index is -6.64. The molecule has 0 bridgehead atoms. The lowest BCUT2D eigenvalue weighted by Gasteiger charge is -2.37. The summed E-state index contributed by atoms with van der Waals surface area (Å²) in [6.45, 7) is 2.55. The Morgan fingerprint density at radius 3 is 1.61 bits per heavy atom. The Morgan fingerprint density at radius 2 is 1.21 bits per heavy atom. The Bertz CT molecular complexity index is 684. The number of benzene rings is 1. The number of unbranched alkanes of at least 4 members (excludes halogenated alkanes) is 1. The van der Waals surface area contributed by atoms with E-state index in [1.807, 2.05) is 6.92 Å². The van der Waals surface area contributed by atoms with Gasteiger partial charge in [0.25, 0.3) is 5.67 Å². The van der Waals surface area contributed by atoms with Crippen LogP contribution < -0.4 is 0 Å². The zero-order valence-electron chi connectivity index (χ0n) is 15.0. The molecule has 1 aliphatic rings. The molecule has 10 heteroatoms. The lowest BCUT2D eigenvalue weighted by atomic mass is 9.80. The van der Waals surface area contributed by atoms with Gasteiger partial charge in [-0.25, -0.2) is 4.39 Å². The molecule has 1 fully saturated rings. The SMILES string of the molecule is CCCCc1ccc(C(C)(O)CC2(F)C(F)(F)C(F)(F)C(F)(F)C2(F)F)cc1. The van der Waals surface area contributed by atoms with E-state index in [0.29, 0.717) is 13.3 Å². The van der Waals surface area contributed by atoms with Crippen molar-refractivity contribution in [3.63, 3.8) is 0 Å². The van der Waals surface area contributed by atoms with Gasteiger partial charge in [0.05, 0.1) is 5.60 Å². The quantitative estimate of drug-likeness (QED) is 0.567. The summed E-state index contributed by atoms with van der Waals surface area (Å²) in [4.78, 5) is 0. The first-order valence-corrected chi connectivity index (χ1v) is 8.51. The molecule has 0 saturated heterocycles. The molecule has 1 unspecified atom stereocenters. The first-order valence-electron chi connectivity index (χ1n) is 8.51. The van der Waals surface area contributed by atoms with Crippen molar-refractivity contribution in [2.75, 3.05) is 0 Å².